The van der Waals surface area contributed by atoms with Crippen molar-refractivity contribution in [2.45, 2.75) is 20.0 Å². The maximum Gasteiger partial charge on any atom is 0.339 e. The summed E-state index contributed by atoms with van der Waals surface area (Å²) in [6.45, 7) is 2.04. The van der Waals surface area contributed by atoms with Crippen LogP contribution < -0.4 is 15.4 Å². The summed E-state index contributed by atoms with van der Waals surface area (Å²) in [5.41, 5.74) is 2.06. The summed E-state index contributed by atoms with van der Waals surface area (Å²) in [6.07, 6.45) is 0. The number of carbonyl (C=O) groups excluding carboxylic acids is 2. The second-order valence-corrected chi connectivity index (χ2v) is 5.63. The van der Waals surface area contributed by atoms with Gasteiger partial charge in [0.05, 0.1) is 7.11 Å². The number of carbonyl (C=O) groups is 3. The Hall–Kier alpha value is -3.35. The molecule has 0 saturated heterocycles. The number of amides is 2. The maximum absolute atomic E-state index is 12.2. The molecular weight excluding hydrogens is 336 g/mol. The lowest BCUT2D eigenvalue weighted by molar-refractivity contribution is -0.119. The van der Waals surface area contributed by atoms with E-state index in [9.17, 15) is 19.5 Å². The van der Waals surface area contributed by atoms with Crippen LogP contribution in [0.15, 0.2) is 42.5 Å². The molecule has 2 rings (SSSR count). The van der Waals surface area contributed by atoms with Crippen molar-refractivity contribution in [3.05, 3.63) is 64.7 Å². The highest BCUT2D eigenvalue weighted by molar-refractivity contribution is 5.94. The van der Waals surface area contributed by atoms with Crippen LogP contribution in [0.2, 0.25) is 0 Å². The minimum Gasteiger partial charge on any atom is -0.496 e. The van der Waals surface area contributed by atoms with E-state index in [0.717, 1.165) is 5.56 Å². The van der Waals surface area contributed by atoms with E-state index in [1.54, 1.807) is 36.4 Å². The number of nitrogens with one attached hydrogen (secondary N) is 2. The summed E-state index contributed by atoms with van der Waals surface area (Å²) in [5.74, 6) is -1.22. The molecule has 0 saturated carbocycles. The molecule has 2 amide bonds. The quantitative estimate of drug-likeness (QED) is 0.703. The molecule has 2 aromatic rings. The summed E-state index contributed by atoms with van der Waals surface area (Å²) in [6, 6.07) is 11.6. The zero-order valence-corrected chi connectivity index (χ0v) is 14.5. The zero-order chi connectivity index (χ0) is 19.1. The number of methoxy groups -OCH3 is 1. The van der Waals surface area contributed by atoms with E-state index >= 15 is 0 Å². The van der Waals surface area contributed by atoms with Crippen LogP contribution in [0.4, 0.5) is 0 Å². The number of hydrogen-bond donors (Lipinski definition) is 3. The number of ether oxygens (including phenoxy) is 1. The second kappa shape index (κ2) is 8.66. The van der Waals surface area contributed by atoms with E-state index in [2.05, 4.69) is 10.6 Å². The second-order valence-electron chi connectivity index (χ2n) is 5.63. The summed E-state index contributed by atoms with van der Waals surface area (Å²) in [4.78, 5) is 34.3. The molecule has 0 fully saturated rings. The van der Waals surface area contributed by atoms with E-state index in [1.807, 2.05) is 0 Å². The fourth-order valence-electron chi connectivity index (χ4n) is 2.32. The molecule has 0 unspecified atom stereocenters. The van der Waals surface area contributed by atoms with E-state index in [0.29, 0.717) is 17.7 Å². The summed E-state index contributed by atoms with van der Waals surface area (Å²) >= 11 is 0. The molecule has 0 aliphatic rings. The first kappa shape index (κ1) is 19.0. The average molecular weight is 356 g/mol. The number of rotatable bonds is 7. The molecule has 7 nitrogen and oxygen atoms in total. The molecule has 136 valence electrons. The Balaban J connectivity index is 1.99. The summed E-state index contributed by atoms with van der Waals surface area (Å²) in [5, 5.41) is 14.6. The minimum atomic E-state index is -1.09. The van der Waals surface area contributed by atoms with Gasteiger partial charge in [0.1, 0.15) is 11.3 Å². The monoisotopic (exact) mass is 356 g/mol. The van der Waals surface area contributed by atoms with Crippen molar-refractivity contribution in [2.75, 3.05) is 7.11 Å². The van der Waals surface area contributed by atoms with Crippen LogP contribution in [-0.2, 0) is 17.9 Å². The number of benzene rings is 2. The van der Waals surface area contributed by atoms with Gasteiger partial charge in [-0.25, -0.2) is 4.79 Å². The van der Waals surface area contributed by atoms with E-state index in [4.69, 9.17) is 4.74 Å². The first-order valence-corrected chi connectivity index (χ1v) is 7.92. The van der Waals surface area contributed by atoms with Crippen LogP contribution >= 0.6 is 0 Å². The van der Waals surface area contributed by atoms with E-state index < -0.39 is 5.97 Å². The van der Waals surface area contributed by atoms with Gasteiger partial charge in [-0.05, 0) is 35.4 Å². The summed E-state index contributed by atoms with van der Waals surface area (Å²) in [7, 11) is 1.40. The number of carboxylic acid groups (broad SMARTS) is 1. The Morgan fingerprint density at radius 1 is 0.962 bits per heavy atom. The van der Waals surface area contributed by atoms with Gasteiger partial charge >= 0.3 is 5.97 Å². The Morgan fingerprint density at radius 3 is 2.15 bits per heavy atom. The van der Waals surface area contributed by atoms with Gasteiger partial charge in [0.2, 0.25) is 5.91 Å². The van der Waals surface area contributed by atoms with Crippen LogP contribution in [0.25, 0.3) is 0 Å². The molecule has 7 heteroatoms. The Kier molecular flexibility index (Phi) is 6.32. The standard InChI is InChI=1S/C19H20N2O5/c1-12(22)20-10-13-3-6-15(7-4-13)18(23)21-11-14-5-8-17(26-2)16(9-14)19(24)25/h3-9H,10-11H2,1-2H3,(H,20,22)(H,21,23)(H,24,25). The van der Waals surface area contributed by atoms with Crippen LogP contribution in [-0.4, -0.2) is 30.0 Å². The number of hydrogen-bond acceptors (Lipinski definition) is 4. The Labute approximate surface area is 151 Å². The lowest BCUT2D eigenvalue weighted by Gasteiger charge is -2.09. The Bertz CT molecular complexity index is 815. The minimum absolute atomic E-state index is 0.0431. The lowest BCUT2D eigenvalue weighted by atomic mass is 10.1. The lowest BCUT2D eigenvalue weighted by Crippen LogP contribution is -2.23. The van der Waals surface area contributed by atoms with Crippen molar-refractivity contribution in [3.63, 3.8) is 0 Å². The molecule has 0 radical (unpaired) electrons. The zero-order valence-electron chi connectivity index (χ0n) is 14.5. The van der Waals surface area contributed by atoms with Gasteiger partial charge in [-0.2, -0.15) is 0 Å². The predicted octanol–water partition coefficient (Wildman–Crippen LogP) is 1.96. The Morgan fingerprint density at radius 2 is 1.58 bits per heavy atom. The molecule has 0 aromatic heterocycles. The third-order valence-corrected chi connectivity index (χ3v) is 3.70. The first-order chi connectivity index (χ1) is 12.4. The summed E-state index contributed by atoms with van der Waals surface area (Å²) < 4.78 is 5.01. The normalized spacial score (nSPS) is 10.1. The number of aromatic carboxylic acids is 1. The molecule has 26 heavy (non-hydrogen) atoms. The van der Waals surface area contributed by atoms with Gasteiger partial charge in [-0.15, -0.1) is 0 Å². The van der Waals surface area contributed by atoms with Gasteiger partial charge in [-0.1, -0.05) is 18.2 Å². The van der Waals surface area contributed by atoms with Gasteiger partial charge in [0, 0.05) is 25.6 Å². The largest absolute Gasteiger partial charge is 0.496 e. The molecular formula is C19H20N2O5. The fraction of sp³-hybridized carbons (Fsp3) is 0.211. The maximum atomic E-state index is 12.2. The fourth-order valence-corrected chi connectivity index (χ4v) is 2.32. The highest BCUT2D eigenvalue weighted by atomic mass is 16.5. The molecule has 0 atom stereocenters. The van der Waals surface area contributed by atoms with E-state index in [1.165, 1.54) is 20.1 Å². The first-order valence-electron chi connectivity index (χ1n) is 7.92. The molecule has 3 N–H and O–H groups in total. The van der Waals surface area contributed by atoms with Crippen molar-refractivity contribution in [3.8, 4) is 5.75 Å². The molecule has 0 heterocycles. The van der Waals surface area contributed by atoms with Gasteiger partial charge < -0.3 is 20.5 Å². The number of carboxylic acids is 1. The third-order valence-electron chi connectivity index (χ3n) is 3.70. The third kappa shape index (κ3) is 5.07. The van der Waals surface area contributed by atoms with Gasteiger partial charge in [-0.3, -0.25) is 9.59 Å². The van der Waals surface area contributed by atoms with E-state index in [-0.39, 0.29) is 29.7 Å². The van der Waals surface area contributed by atoms with Crippen molar-refractivity contribution < 1.29 is 24.2 Å². The van der Waals surface area contributed by atoms with Crippen molar-refractivity contribution in [1.29, 1.82) is 0 Å². The highest BCUT2D eigenvalue weighted by Crippen LogP contribution is 2.19. The van der Waals surface area contributed by atoms with Crippen LogP contribution in [0, 0.1) is 0 Å². The predicted molar refractivity (Wildman–Crippen MR) is 95.1 cm³/mol. The van der Waals surface area contributed by atoms with Crippen LogP contribution in [0.1, 0.15) is 38.8 Å². The molecule has 2 aromatic carbocycles. The molecule has 0 spiro atoms. The highest BCUT2D eigenvalue weighted by Gasteiger charge is 2.12. The van der Waals surface area contributed by atoms with Crippen LogP contribution in [0.3, 0.4) is 0 Å². The van der Waals surface area contributed by atoms with Crippen molar-refractivity contribution in [1.82, 2.24) is 10.6 Å². The molecule has 0 aliphatic carbocycles. The molecule has 0 aliphatic heterocycles. The van der Waals surface area contributed by atoms with Crippen molar-refractivity contribution in [2.24, 2.45) is 0 Å². The topological polar surface area (TPSA) is 105 Å². The van der Waals surface area contributed by atoms with Gasteiger partial charge in [0.25, 0.3) is 5.91 Å². The molecule has 0 bridgehead atoms. The smallest absolute Gasteiger partial charge is 0.339 e. The van der Waals surface area contributed by atoms with Crippen molar-refractivity contribution >= 4 is 17.8 Å². The SMILES string of the molecule is COc1ccc(CNC(=O)c2ccc(CNC(C)=O)cc2)cc1C(=O)O. The average Bonchev–Trinajstić information content (AvgIpc) is 2.64. The van der Waals surface area contributed by atoms with Gasteiger partial charge in [0.15, 0.2) is 0 Å². The van der Waals surface area contributed by atoms with Crippen LogP contribution in [0.5, 0.6) is 5.75 Å².